The third kappa shape index (κ3) is 3.61. The highest BCUT2D eigenvalue weighted by Gasteiger charge is 2.19. The lowest BCUT2D eigenvalue weighted by Gasteiger charge is -2.05. The molecule has 0 spiro atoms. The Labute approximate surface area is 135 Å². The van der Waals surface area contributed by atoms with Crippen LogP contribution in [0.5, 0.6) is 11.5 Å². The molecule has 124 valence electrons. The van der Waals surface area contributed by atoms with Crippen LogP contribution in [0.1, 0.15) is 0 Å². The number of nitrogens with zero attached hydrogens (tertiary/aromatic N) is 4. The Morgan fingerprint density at radius 2 is 1.58 bits per heavy atom. The van der Waals surface area contributed by atoms with E-state index in [4.69, 9.17) is 9.47 Å². The number of azo groups is 1. The maximum atomic E-state index is 11.1. The average molecular weight is 332 g/mol. The van der Waals surface area contributed by atoms with Crippen LogP contribution in [0.3, 0.4) is 0 Å². The molecule has 0 fully saturated rings. The van der Waals surface area contributed by atoms with Gasteiger partial charge in [-0.05, 0) is 18.2 Å². The molecule has 0 aromatic heterocycles. The predicted octanol–water partition coefficient (Wildman–Crippen LogP) is 3.94. The second-order valence-corrected chi connectivity index (χ2v) is 4.43. The second-order valence-electron chi connectivity index (χ2n) is 4.43. The molecule has 0 amide bonds. The van der Waals surface area contributed by atoms with Gasteiger partial charge < -0.3 is 9.47 Å². The molecule has 0 saturated carbocycles. The SMILES string of the molecule is COc1ccc(OC)c(N=Nc2ccc([N+](=O)[O-])cc2[N+](=O)[O-])c1. The number of benzene rings is 2. The molecule has 0 heterocycles. The number of ether oxygens (including phenoxy) is 2. The summed E-state index contributed by atoms with van der Waals surface area (Å²) in [6, 6.07) is 7.91. The van der Waals surface area contributed by atoms with Gasteiger partial charge in [-0.2, -0.15) is 0 Å². The molecule has 0 radical (unpaired) electrons. The maximum Gasteiger partial charge on any atom is 0.303 e. The van der Waals surface area contributed by atoms with Gasteiger partial charge in [0, 0.05) is 12.1 Å². The fourth-order valence-corrected chi connectivity index (χ4v) is 1.84. The Bertz CT molecular complexity index is 821. The van der Waals surface area contributed by atoms with Crippen molar-refractivity contribution in [1.29, 1.82) is 0 Å². The highest BCUT2D eigenvalue weighted by atomic mass is 16.6. The minimum absolute atomic E-state index is 0.115. The van der Waals surface area contributed by atoms with Crippen molar-refractivity contribution >= 4 is 22.7 Å². The minimum atomic E-state index is -0.760. The Balaban J connectivity index is 2.45. The fourth-order valence-electron chi connectivity index (χ4n) is 1.84. The number of non-ortho nitro benzene ring substituents is 1. The van der Waals surface area contributed by atoms with Gasteiger partial charge >= 0.3 is 5.69 Å². The molecule has 0 aliphatic rings. The fraction of sp³-hybridized carbons (Fsp3) is 0.143. The number of nitro groups is 2. The highest BCUT2D eigenvalue weighted by molar-refractivity contribution is 5.62. The van der Waals surface area contributed by atoms with Crippen molar-refractivity contribution in [2.45, 2.75) is 0 Å². The third-order valence-corrected chi connectivity index (χ3v) is 3.02. The van der Waals surface area contributed by atoms with Gasteiger partial charge in [-0.3, -0.25) is 20.2 Å². The average Bonchev–Trinajstić information content (AvgIpc) is 2.59. The highest BCUT2D eigenvalue weighted by Crippen LogP contribution is 2.36. The Morgan fingerprint density at radius 3 is 2.17 bits per heavy atom. The summed E-state index contributed by atoms with van der Waals surface area (Å²) in [4.78, 5) is 20.3. The van der Waals surface area contributed by atoms with E-state index >= 15 is 0 Å². The van der Waals surface area contributed by atoms with Crippen LogP contribution in [0.15, 0.2) is 46.6 Å². The van der Waals surface area contributed by atoms with Crippen molar-refractivity contribution in [3.63, 3.8) is 0 Å². The number of rotatable bonds is 6. The van der Waals surface area contributed by atoms with Gasteiger partial charge in [0.1, 0.15) is 17.2 Å². The van der Waals surface area contributed by atoms with Crippen molar-refractivity contribution in [3.8, 4) is 11.5 Å². The first kappa shape index (κ1) is 16.8. The van der Waals surface area contributed by atoms with Crippen molar-refractivity contribution in [3.05, 3.63) is 56.6 Å². The summed E-state index contributed by atoms with van der Waals surface area (Å²) in [5.74, 6) is 0.895. The van der Waals surface area contributed by atoms with Crippen LogP contribution in [0.4, 0.5) is 22.7 Å². The van der Waals surface area contributed by atoms with E-state index in [1.165, 1.54) is 14.2 Å². The minimum Gasteiger partial charge on any atom is -0.497 e. The quantitative estimate of drug-likeness (QED) is 0.447. The van der Waals surface area contributed by atoms with Gasteiger partial charge in [0.05, 0.1) is 30.1 Å². The van der Waals surface area contributed by atoms with E-state index in [1.54, 1.807) is 18.2 Å². The monoisotopic (exact) mass is 332 g/mol. The molecule has 10 heteroatoms. The van der Waals surface area contributed by atoms with Gasteiger partial charge in [0.15, 0.2) is 5.69 Å². The first-order chi connectivity index (χ1) is 11.5. The van der Waals surface area contributed by atoms with E-state index in [0.717, 1.165) is 18.2 Å². The molecule has 0 aliphatic carbocycles. The number of hydrogen-bond donors (Lipinski definition) is 0. The summed E-state index contributed by atoms with van der Waals surface area (Å²) in [6.07, 6.45) is 0. The number of nitro benzene ring substituents is 2. The number of methoxy groups -OCH3 is 2. The molecule has 2 aromatic carbocycles. The smallest absolute Gasteiger partial charge is 0.303 e. The van der Waals surface area contributed by atoms with Gasteiger partial charge in [0.25, 0.3) is 5.69 Å². The molecule has 2 aromatic rings. The largest absolute Gasteiger partial charge is 0.497 e. The molecule has 0 unspecified atom stereocenters. The third-order valence-electron chi connectivity index (χ3n) is 3.02. The summed E-state index contributed by atoms with van der Waals surface area (Å²) < 4.78 is 10.2. The van der Waals surface area contributed by atoms with E-state index in [2.05, 4.69) is 10.2 Å². The van der Waals surface area contributed by atoms with Crippen LogP contribution < -0.4 is 9.47 Å². The van der Waals surface area contributed by atoms with Crippen molar-refractivity contribution in [2.24, 2.45) is 10.2 Å². The van der Waals surface area contributed by atoms with Gasteiger partial charge in [-0.25, -0.2) is 0 Å². The van der Waals surface area contributed by atoms with Crippen molar-refractivity contribution in [2.75, 3.05) is 14.2 Å². The van der Waals surface area contributed by atoms with E-state index in [9.17, 15) is 20.2 Å². The second kappa shape index (κ2) is 7.13. The van der Waals surface area contributed by atoms with Crippen LogP contribution in [0.2, 0.25) is 0 Å². The van der Waals surface area contributed by atoms with Gasteiger partial charge in [-0.1, -0.05) is 0 Å². The Morgan fingerprint density at radius 1 is 0.875 bits per heavy atom. The van der Waals surface area contributed by atoms with E-state index in [-0.39, 0.29) is 5.69 Å². The Hall–Kier alpha value is -3.56. The van der Waals surface area contributed by atoms with Gasteiger partial charge in [0.2, 0.25) is 0 Å². The predicted molar refractivity (Wildman–Crippen MR) is 83.5 cm³/mol. The van der Waals surface area contributed by atoms with Crippen LogP contribution >= 0.6 is 0 Å². The summed E-state index contributed by atoms with van der Waals surface area (Å²) in [5, 5.41) is 29.5. The van der Waals surface area contributed by atoms with Gasteiger partial charge in [-0.15, -0.1) is 10.2 Å². The lowest BCUT2D eigenvalue weighted by atomic mass is 10.2. The van der Waals surface area contributed by atoms with Crippen LogP contribution in [-0.4, -0.2) is 24.1 Å². The molecule has 0 bridgehead atoms. The Kier molecular flexibility index (Phi) is 5.00. The molecule has 24 heavy (non-hydrogen) atoms. The lowest BCUT2D eigenvalue weighted by molar-refractivity contribution is -0.393. The summed E-state index contributed by atoms with van der Waals surface area (Å²) >= 11 is 0. The molecular weight excluding hydrogens is 320 g/mol. The van der Waals surface area contributed by atoms with E-state index in [0.29, 0.717) is 17.2 Å². The zero-order chi connectivity index (χ0) is 17.7. The topological polar surface area (TPSA) is 129 Å². The lowest BCUT2D eigenvalue weighted by Crippen LogP contribution is -1.92. The van der Waals surface area contributed by atoms with Crippen LogP contribution in [-0.2, 0) is 0 Å². The first-order valence-electron chi connectivity index (χ1n) is 6.53. The van der Waals surface area contributed by atoms with Crippen molar-refractivity contribution in [1.82, 2.24) is 0 Å². The molecule has 2 rings (SSSR count). The van der Waals surface area contributed by atoms with E-state index in [1.807, 2.05) is 0 Å². The van der Waals surface area contributed by atoms with Crippen molar-refractivity contribution < 1.29 is 19.3 Å². The van der Waals surface area contributed by atoms with Crippen LogP contribution in [0.25, 0.3) is 0 Å². The maximum absolute atomic E-state index is 11.1. The molecule has 0 saturated heterocycles. The number of hydrogen-bond acceptors (Lipinski definition) is 8. The summed E-state index contributed by atoms with van der Waals surface area (Å²) in [7, 11) is 2.92. The normalized spacial score (nSPS) is 10.6. The summed E-state index contributed by atoms with van der Waals surface area (Å²) in [5.41, 5.74) is -0.741. The molecule has 0 aliphatic heterocycles. The van der Waals surface area contributed by atoms with Crippen LogP contribution in [0, 0.1) is 20.2 Å². The summed E-state index contributed by atoms with van der Waals surface area (Å²) in [6.45, 7) is 0. The zero-order valence-corrected chi connectivity index (χ0v) is 12.7. The standard InChI is InChI=1S/C14H12N4O6/c1-23-10-4-6-14(24-2)12(8-10)16-15-11-5-3-9(17(19)20)7-13(11)18(21)22/h3-8H,1-2H3. The zero-order valence-electron chi connectivity index (χ0n) is 12.7. The molecule has 0 atom stereocenters. The molecule has 10 nitrogen and oxygen atoms in total. The molecular formula is C14H12N4O6. The molecule has 0 N–H and O–H groups in total. The first-order valence-corrected chi connectivity index (χ1v) is 6.53. The van der Waals surface area contributed by atoms with E-state index < -0.39 is 21.2 Å².